The Morgan fingerprint density at radius 2 is 2.05 bits per heavy atom. The van der Waals surface area contributed by atoms with Crippen LogP contribution in [0, 0.1) is 11.3 Å². The van der Waals surface area contributed by atoms with E-state index in [9.17, 15) is 4.79 Å². The van der Waals surface area contributed by atoms with Gasteiger partial charge in [-0.2, -0.15) is 0 Å². The van der Waals surface area contributed by atoms with E-state index in [1.165, 1.54) is 0 Å². The van der Waals surface area contributed by atoms with Crippen molar-refractivity contribution in [3.8, 4) is 0 Å². The molecular formula is C16H32N2O2. The van der Waals surface area contributed by atoms with Crippen LogP contribution in [0.1, 0.15) is 46.5 Å². The molecule has 3 N–H and O–H groups in total. The van der Waals surface area contributed by atoms with Crippen LogP contribution in [0.3, 0.4) is 0 Å². The van der Waals surface area contributed by atoms with Crippen LogP contribution in [-0.4, -0.2) is 32.2 Å². The van der Waals surface area contributed by atoms with Gasteiger partial charge < -0.3 is 15.8 Å². The Kier molecular flexibility index (Phi) is 10.4. The molecular weight excluding hydrogens is 252 g/mol. The third-order valence-electron chi connectivity index (χ3n) is 3.49. The zero-order chi connectivity index (χ0) is 15.4. The van der Waals surface area contributed by atoms with Gasteiger partial charge in [0, 0.05) is 13.0 Å². The van der Waals surface area contributed by atoms with Crippen molar-refractivity contribution in [1.82, 2.24) is 5.32 Å². The van der Waals surface area contributed by atoms with Crippen molar-refractivity contribution in [2.45, 2.75) is 46.5 Å². The molecule has 0 bridgehead atoms. The lowest BCUT2D eigenvalue weighted by Crippen LogP contribution is -2.29. The van der Waals surface area contributed by atoms with E-state index < -0.39 is 0 Å². The number of ether oxygens (including phenoxy) is 1. The summed E-state index contributed by atoms with van der Waals surface area (Å²) in [6.45, 7) is 12.7. The molecule has 0 aliphatic rings. The number of nitrogens with one attached hydrogen (secondary N) is 1. The average Bonchev–Trinajstić information content (AvgIpc) is 2.37. The molecule has 0 saturated carbocycles. The van der Waals surface area contributed by atoms with Gasteiger partial charge in [-0.25, -0.2) is 0 Å². The fourth-order valence-corrected chi connectivity index (χ4v) is 2.14. The van der Waals surface area contributed by atoms with E-state index in [0.717, 1.165) is 19.3 Å². The number of nitrogens with two attached hydrogens (primary N) is 1. The highest BCUT2D eigenvalue weighted by atomic mass is 16.5. The molecule has 0 aromatic heterocycles. The minimum absolute atomic E-state index is 0.101. The first-order valence-corrected chi connectivity index (χ1v) is 7.57. The van der Waals surface area contributed by atoms with Crippen molar-refractivity contribution in [2.75, 3.05) is 26.3 Å². The minimum atomic E-state index is 0.101. The predicted molar refractivity (Wildman–Crippen MR) is 84.5 cm³/mol. The van der Waals surface area contributed by atoms with Crippen LogP contribution in [0.5, 0.6) is 0 Å². The van der Waals surface area contributed by atoms with Crippen LogP contribution >= 0.6 is 0 Å². The zero-order valence-corrected chi connectivity index (χ0v) is 13.4. The summed E-state index contributed by atoms with van der Waals surface area (Å²) in [6, 6.07) is 0. The van der Waals surface area contributed by atoms with Gasteiger partial charge in [0.25, 0.3) is 0 Å². The lowest BCUT2D eigenvalue weighted by atomic mass is 9.76. The van der Waals surface area contributed by atoms with E-state index in [1.54, 1.807) is 0 Å². The lowest BCUT2D eigenvalue weighted by molar-refractivity contribution is -0.121. The number of amides is 1. The van der Waals surface area contributed by atoms with Crippen LogP contribution in [0.25, 0.3) is 0 Å². The maximum atomic E-state index is 11.8. The van der Waals surface area contributed by atoms with Gasteiger partial charge in [0.2, 0.25) is 5.91 Å². The normalized spacial score (nSPS) is 13.0. The molecule has 1 amide bonds. The SMILES string of the molecule is C=CCCOCCNC(=O)CCC(CCN)C(C)(C)C. The summed E-state index contributed by atoms with van der Waals surface area (Å²) in [4.78, 5) is 11.8. The molecule has 0 aromatic carbocycles. The summed E-state index contributed by atoms with van der Waals surface area (Å²) in [7, 11) is 0. The maximum absolute atomic E-state index is 11.8. The smallest absolute Gasteiger partial charge is 0.220 e. The van der Waals surface area contributed by atoms with Crippen LogP contribution in [-0.2, 0) is 9.53 Å². The summed E-state index contributed by atoms with van der Waals surface area (Å²) < 4.78 is 5.34. The molecule has 0 radical (unpaired) electrons. The average molecular weight is 284 g/mol. The van der Waals surface area contributed by atoms with Crippen LogP contribution in [0.4, 0.5) is 0 Å². The third-order valence-corrected chi connectivity index (χ3v) is 3.49. The van der Waals surface area contributed by atoms with Gasteiger partial charge in [-0.1, -0.05) is 26.8 Å². The van der Waals surface area contributed by atoms with Gasteiger partial charge in [-0.3, -0.25) is 4.79 Å². The highest BCUT2D eigenvalue weighted by molar-refractivity contribution is 5.75. The zero-order valence-electron chi connectivity index (χ0n) is 13.4. The molecule has 0 saturated heterocycles. The van der Waals surface area contributed by atoms with Gasteiger partial charge in [0.05, 0.1) is 13.2 Å². The van der Waals surface area contributed by atoms with E-state index in [-0.39, 0.29) is 11.3 Å². The Bertz CT molecular complexity index is 272. The summed E-state index contributed by atoms with van der Waals surface area (Å²) in [6.07, 6.45) is 5.10. The van der Waals surface area contributed by atoms with Crippen molar-refractivity contribution in [2.24, 2.45) is 17.1 Å². The minimum Gasteiger partial charge on any atom is -0.379 e. The van der Waals surface area contributed by atoms with E-state index in [4.69, 9.17) is 10.5 Å². The van der Waals surface area contributed by atoms with Crippen molar-refractivity contribution in [1.29, 1.82) is 0 Å². The van der Waals surface area contributed by atoms with Gasteiger partial charge in [0.1, 0.15) is 0 Å². The molecule has 0 aromatic rings. The second-order valence-corrected chi connectivity index (χ2v) is 6.22. The number of hydrogen-bond donors (Lipinski definition) is 2. The molecule has 20 heavy (non-hydrogen) atoms. The third kappa shape index (κ3) is 9.98. The molecule has 4 nitrogen and oxygen atoms in total. The number of hydrogen-bond acceptors (Lipinski definition) is 3. The van der Waals surface area contributed by atoms with Crippen molar-refractivity contribution < 1.29 is 9.53 Å². The quantitative estimate of drug-likeness (QED) is 0.452. The second kappa shape index (κ2) is 10.9. The highest BCUT2D eigenvalue weighted by Crippen LogP contribution is 2.31. The van der Waals surface area contributed by atoms with Crippen molar-refractivity contribution in [3.63, 3.8) is 0 Å². The molecule has 118 valence electrons. The summed E-state index contributed by atoms with van der Waals surface area (Å²) in [5, 5.41) is 2.89. The Hall–Kier alpha value is -0.870. The monoisotopic (exact) mass is 284 g/mol. The highest BCUT2D eigenvalue weighted by Gasteiger charge is 2.24. The molecule has 0 heterocycles. The van der Waals surface area contributed by atoms with E-state index >= 15 is 0 Å². The van der Waals surface area contributed by atoms with Crippen LogP contribution in [0.2, 0.25) is 0 Å². The number of carbonyl (C=O) groups is 1. The van der Waals surface area contributed by atoms with Gasteiger partial charge in [0.15, 0.2) is 0 Å². The molecule has 0 aliphatic carbocycles. The first kappa shape index (κ1) is 19.1. The van der Waals surface area contributed by atoms with E-state index in [1.807, 2.05) is 6.08 Å². The summed E-state index contributed by atoms with van der Waals surface area (Å²) in [5.74, 6) is 0.589. The van der Waals surface area contributed by atoms with Crippen molar-refractivity contribution >= 4 is 5.91 Å². The Morgan fingerprint density at radius 1 is 1.35 bits per heavy atom. The Labute approximate surface area is 124 Å². The molecule has 1 atom stereocenters. The van der Waals surface area contributed by atoms with Gasteiger partial charge >= 0.3 is 0 Å². The first-order chi connectivity index (χ1) is 9.41. The fourth-order valence-electron chi connectivity index (χ4n) is 2.14. The predicted octanol–water partition coefficient (Wildman–Crippen LogP) is 2.49. The fraction of sp³-hybridized carbons (Fsp3) is 0.812. The lowest BCUT2D eigenvalue weighted by Gasteiger charge is -2.30. The maximum Gasteiger partial charge on any atom is 0.220 e. The van der Waals surface area contributed by atoms with E-state index in [2.05, 4.69) is 32.7 Å². The molecule has 4 heteroatoms. The summed E-state index contributed by atoms with van der Waals surface area (Å²) in [5.41, 5.74) is 5.85. The number of rotatable bonds is 11. The number of carbonyl (C=O) groups excluding carboxylic acids is 1. The van der Waals surface area contributed by atoms with Crippen LogP contribution < -0.4 is 11.1 Å². The van der Waals surface area contributed by atoms with Gasteiger partial charge in [-0.05, 0) is 37.1 Å². The van der Waals surface area contributed by atoms with E-state index in [0.29, 0.717) is 38.6 Å². The molecule has 0 rings (SSSR count). The largest absolute Gasteiger partial charge is 0.379 e. The second-order valence-electron chi connectivity index (χ2n) is 6.22. The summed E-state index contributed by atoms with van der Waals surface area (Å²) >= 11 is 0. The van der Waals surface area contributed by atoms with Crippen molar-refractivity contribution in [3.05, 3.63) is 12.7 Å². The molecule has 1 unspecified atom stereocenters. The topological polar surface area (TPSA) is 64.3 Å². The molecule has 0 spiro atoms. The Balaban J connectivity index is 3.77. The molecule has 0 fully saturated rings. The Morgan fingerprint density at radius 3 is 2.60 bits per heavy atom. The van der Waals surface area contributed by atoms with Crippen LogP contribution in [0.15, 0.2) is 12.7 Å². The van der Waals surface area contributed by atoms with Gasteiger partial charge in [-0.15, -0.1) is 6.58 Å². The standard InChI is InChI=1S/C16H32N2O2/c1-5-6-12-20-13-11-18-15(19)8-7-14(9-10-17)16(2,3)4/h5,14H,1,6-13,17H2,2-4H3,(H,18,19). The first-order valence-electron chi connectivity index (χ1n) is 7.57. The molecule has 0 aliphatic heterocycles.